The monoisotopic (exact) mass is 748 g/mol. The maximum Gasteiger partial charge on any atom is 0.480 e. The van der Waals surface area contributed by atoms with E-state index in [1.807, 2.05) is 30.3 Å². The summed E-state index contributed by atoms with van der Waals surface area (Å²) < 4.78 is 23.8. The van der Waals surface area contributed by atoms with E-state index in [9.17, 15) is 33.6 Å². The van der Waals surface area contributed by atoms with Crippen molar-refractivity contribution in [2.75, 3.05) is 32.8 Å². The fourth-order valence-electron chi connectivity index (χ4n) is 5.42. The lowest BCUT2D eigenvalue weighted by atomic mass is 9.73. The molecule has 0 spiro atoms. The highest BCUT2D eigenvalue weighted by molar-refractivity contribution is 7.61. The van der Waals surface area contributed by atoms with Crippen LogP contribution in [0.5, 0.6) is 0 Å². The summed E-state index contributed by atoms with van der Waals surface area (Å²) in [6.07, 6.45) is 11.9. The van der Waals surface area contributed by atoms with E-state index < -0.39 is 58.8 Å². The first-order chi connectivity index (χ1) is 24.5. The lowest BCUT2D eigenvalue weighted by Gasteiger charge is -2.28. The molecule has 1 aliphatic heterocycles. The largest absolute Gasteiger partial charge is 0.480 e. The van der Waals surface area contributed by atoms with E-state index >= 15 is 0 Å². The van der Waals surface area contributed by atoms with Crippen molar-refractivity contribution < 1.29 is 42.9 Å². The maximum atomic E-state index is 13.8. The van der Waals surface area contributed by atoms with Crippen LogP contribution in [0.2, 0.25) is 0 Å². The lowest BCUT2D eigenvalue weighted by molar-refractivity contribution is -0.122. The summed E-state index contributed by atoms with van der Waals surface area (Å²) in [7, 11) is -6.76. The highest BCUT2D eigenvalue weighted by atomic mass is 31.2. The lowest BCUT2D eigenvalue weighted by Crippen LogP contribution is -2.55. The molecule has 0 bridgehead atoms. The third-order valence-electron chi connectivity index (χ3n) is 7.97. The second kappa shape index (κ2) is 23.5. The Morgan fingerprint density at radius 2 is 1.71 bits per heavy atom. The smallest absolute Gasteiger partial charge is 0.410 e. The highest BCUT2D eigenvalue weighted by Gasteiger charge is 2.34. The Kier molecular flexibility index (Phi) is 19.5. The second-order valence-corrected chi connectivity index (χ2v) is 15.6. The summed E-state index contributed by atoms with van der Waals surface area (Å²) in [4.78, 5) is 77.1. The first-order valence-electron chi connectivity index (χ1n) is 17.3. The normalized spacial score (nSPS) is 17.6. The summed E-state index contributed by atoms with van der Waals surface area (Å²) in [5, 5.41) is 8.12. The molecule has 0 radical (unpaired) electrons. The van der Waals surface area contributed by atoms with Gasteiger partial charge in [-0.05, 0) is 69.6 Å². The van der Waals surface area contributed by atoms with Crippen molar-refractivity contribution in [2.24, 2.45) is 5.92 Å². The molecule has 51 heavy (non-hydrogen) atoms. The van der Waals surface area contributed by atoms with Gasteiger partial charge in [-0.2, -0.15) is 0 Å². The number of carbonyl (C=O) groups excluding carboxylic acids is 3. The zero-order valence-corrected chi connectivity index (χ0v) is 31.1. The Morgan fingerprint density at radius 3 is 2.29 bits per heavy atom. The van der Waals surface area contributed by atoms with Crippen molar-refractivity contribution in [1.82, 2.24) is 30.8 Å². The van der Waals surface area contributed by atoms with Gasteiger partial charge >= 0.3 is 7.12 Å². The molecule has 1 aromatic heterocycles. The van der Waals surface area contributed by atoms with Gasteiger partial charge in [0.25, 0.3) is 5.91 Å². The molecule has 0 aliphatic carbocycles. The predicted molar refractivity (Wildman–Crippen MR) is 196 cm³/mol. The number of benzene rings is 1. The van der Waals surface area contributed by atoms with Crippen LogP contribution < -0.4 is 16.0 Å². The van der Waals surface area contributed by atoms with Gasteiger partial charge in [-0.25, -0.2) is 4.98 Å². The molecule has 18 heteroatoms. The number of nitrogens with zero attached hydrogens (tertiary/aromatic N) is 3. The van der Waals surface area contributed by atoms with Crippen LogP contribution >= 0.6 is 16.4 Å². The molecule has 2 aromatic rings. The Hall–Kier alpha value is -3.07. The van der Waals surface area contributed by atoms with E-state index in [-0.39, 0.29) is 18.0 Å². The van der Waals surface area contributed by atoms with Crippen LogP contribution in [0.25, 0.3) is 6.08 Å². The van der Waals surface area contributed by atoms with Gasteiger partial charge < -0.3 is 44.8 Å². The number of amides is 3. The van der Waals surface area contributed by atoms with Crippen LogP contribution in [0.15, 0.2) is 55.0 Å². The van der Waals surface area contributed by atoms with Crippen molar-refractivity contribution in [3.63, 3.8) is 0 Å². The van der Waals surface area contributed by atoms with E-state index in [2.05, 4.69) is 44.7 Å². The molecule has 3 rings (SSSR count). The van der Waals surface area contributed by atoms with Crippen LogP contribution in [0, 0.1) is 5.92 Å². The molecule has 1 fully saturated rings. The molecular formula is C33H51BN6O9P2. The Labute approximate surface area is 301 Å². The van der Waals surface area contributed by atoms with Gasteiger partial charge in [0, 0.05) is 32.0 Å². The molecular weight excluding hydrogens is 697 g/mol. The van der Waals surface area contributed by atoms with E-state index in [0.717, 1.165) is 44.3 Å². The molecule has 4 atom stereocenters. The average molecular weight is 749 g/mol. The minimum Gasteiger partial charge on any atom is -0.410 e. The number of rotatable bonds is 16. The summed E-state index contributed by atoms with van der Waals surface area (Å²) in [5.41, 5.74) is -0.564. The summed E-state index contributed by atoms with van der Waals surface area (Å²) in [6.45, 7) is 7.13. The first-order valence-corrected chi connectivity index (χ1v) is 20.0. The van der Waals surface area contributed by atoms with Gasteiger partial charge in [-0.3, -0.25) is 23.9 Å². The minimum absolute atomic E-state index is 0.0901. The van der Waals surface area contributed by atoms with E-state index in [0.29, 0.717) is 32.6 Å². The van der Waals surface area contributed by atoms with Gasteiger partial charge in [0.15, 0.2) is 13.9 Å². The number of hydrogen-bond acceptors (Lipinski definition) is 11. The summed E-state index contributed by atoms with van der Waals surface area (Å²) in [5.74, 6) is -1.73. The quantitative estimate of drug-likeness (QED) is 0.108. The molecule has 1 aromatic carbocycles. The van der Waals surface area contributed by atoms with E-state index in [1.165, 1.54) is 18.6 Å². The van der Waals surface area contributed by atoms with Gasteiger partial charge in [0.1, 0.15) is 11.7 Å². The third-order valence-corrected chi connectivity index (χ3v) is 10.5. The molecule has 3 amide bonds. The molecule has 6 N–H and O–H groups in total. The Bertz CT molecular complexity index is 1380. The number of nitrogens with one attached hydrogen (secondary N) is 3. The zero-order chi connectivity index (χ0) is 37.0. The second-order valence-electron chi connectivity index (χ2n) is 12.7. The summed E-state index contributed by atoms with van der Waals surface area (Å²) >= 11 is 0. The van der Waals surface area contributed by atoms with Crippen molar-refractivity contribution in [3.8, 4) is 0 Å². The standard InChI is InChI=1S/C33H51BN6O9P2/c1-25(2)23-29(38-31(42)27(15-14-26-11-4-3-5-12-26)37-32(43)28-24-35-16-17-36-28)34-48-21-8-6-18-40(19-7-9-22-49-34)20-10-13-30(41)39-33(50(44)45)51(46)47/h3-5,11-12,14-17,24-25,27,29,33,44-45,51H,6-10,13,18-23H2,1-2H3,(H,37,43)(H,38,42)(H,39,41)(H,46,47)/b15-14+/t27?,29-,33?/m1/s1. The maximum absolute atomic E-state index is 13.8. The molecule has 280 valence electrons. The topological polar surface area (TPSA) is 213 Å². The van der Waals surface area contributed by atoms with Crippen molar-refractivity contribution in [2.45, 2.75) is 76.3 Å². The van der Waals surface area contributed by atoms with Crippen LogP contribution in [-0.2, 0) is 23.5 Å². The molecule has 15 nitrogen and oxygen atoms in total. The van der Waals surface area contributed by atoms with E-state index in [4.69, 9.17) is 9.31 Å². The number of hydrogen-bond donors (Lipinski definition) is 6. The van der Waals surface area contributed by atoms with Crippen molar-refractivity contribution in [3.05, 3.63) is 66.3 Å². The number of aromatic nitrogens is 2. The van der Waals surface area contributed by atoms with Crippen molar-refractivity contribution in [1.29, 1.82) is 0 Å². The third kappa shape index (κ3) is 16.4. The van der Waals surface area contributed by atoms with Gasteiger partial charge in [-0.1, -0.05) is 56.3 Å². The van der Waals surface area contributed by atoms with Gasteiger partial charge in [-0.15, -0.1) is 0 Å². The molecule has 2 heterocycles. The molecule has 0 saturated carbocycles. The SMILES string of the molecule is CC(C)C[C@@H](NC(=O)C(/C=C/c1ccccc1)NC(=O)c1cnccn1)B1OCCCCN(CCCC(=O)NC(P(O)O)[PH](=O)O)CCCCO1. The fraction of sp³-hybridized carbons (Fsp3) is 0.545. The van der Waals surface area contributed by atoms with E-state index in [1.54, 1.807) is 12.2 Å². The molecule has 1 saturated heterocycles. The average Bonchev–Trinajstić information content (AvgIpc) is 3.10. The van der Waals surface area contributed by atoms with Crippen LogP contribution in [0.4, 0.5) is 0 Å². The summed E-state index contributed by atoms with van der Waals surface area (Å²) in [6, 6.07) is 8.45. The Balaban J connectivity index is 1.60. The first kappa shape index (κ1) is 42.3. The van der Waals surface area contributed by atoms with Crippen LogP contribution in [0.1, 0.15) is 74.8 Å². The molecule has 3 unspecified atom stereocenters. The van der Waals surface area contributed by atoms with Crippen LogP contribution in [0.3, 0.4) is 0 Å². The molecule has 1 aliphatic rings. The highest BCUT2D eigenvalue weighted by Crippen LogP contribution is 2.42. The van der Waals surface area contributed by atoms with Crippen molar-refractivity contribution >= 4 is 47.3 Å². The van der Waals surface area contributed by atoms with Gasteiger partial charge in [0.2, 0.25) is 19.8 Å². The zero-order valence-electron chi connectivity index (χ0n) is 29.2. The number of carbonyl (C=O) groups is 3. The minimum atomic E-state index is -3.32. The predicted octanol–water partition coefficient (Wildman–Crippen LogP) is 2.70. The Morgan fingerprint density at radius 1 is 1.02 bits per heavy atom. The van der Waals surface area contributed by atoms with Crippen LogP contribution in [-0.4, -0.2) is 105 Å². The fourth-order valence-corrected chi connectivity index (χ4v) is 6.75. The van der Waals surface area contributed by atoms with Gasteiger partial charge in [0.05, 0.1) is 12.1 Å².